The van der Waals surface area contributed by atoms with Crippen LogP contribution in [0.25, 0.3) is 5.65 Å². The van der Waals surface area contributed by atoms with Gasteiger partial charge in [-0.3, -0.25) is 0 Å². The zero-order valence-electron chi connectivity index (χ0n) is 11.8. The van der Waals surface area contributed by atoms with Crippen molar-refractivity contribution in [1.82, 2.24) is 9.38 Å². The van der Waals surface area contributed by atoms with Crippen molar-refractivity contribution in [2.45, 2.75) is 6.61 Å². The minimum Gasteiger partial charge on any atom is -0.497 e. The molecule has 6 heteroatoms. The first kappa shape index (κ1) is 14.4. The Bertz CT molecular complexity index is 812. The van der Waals surface area contributed by atoms with Crippen molar-refractivity contribution in [2.75, 3.05) is 7.11 Å². The van der Waals surface area contributed by atoms with Crippen molar-refractivity contribution >= 4 is 23.2 Å². The summed E-state index contributed by atoms with van der Waals surface area (Å²) in [6, 6.07) is 10.3. The molecular formula is C16H13ClN2O3. The number of esters is 1. The van der Waals surface area contributed by atoms with Gasteiger partial charge in [0, 0.05) is 12.4 Å². The number of nitrogens with zero attached hydrogens (tertiary/aromatic N) is 2. The van der Waals surface area contributed by atoms with E-state index in [0.29, 0.717) is 22.0 Å². The molecule has 2 aromatic heterocycles. The van der Waals surface area contributed by atoms with Gasteiger partial charge in [0.05, 0.1) is 23.4 Å². The van der Waals surface area contributed by atoms with Crippen molar-refractivity contribution in [3.8, 4) is 5.75 Å². The zero-order chi connectivity index (χ0) is 15.5. The molecule has 0 unspecified atom stereocenters. The highest BCUT2D eigenvalue weighted by atomic mass is 35.5. The monoisotopic (exact) mass is 316 g/mol. The van der Waals surface area contributed by atoms with E-state index in [-0.39, 0.29) is 6.61 Å². The zero-order valence-corrected chi connectivity index (χ0v) is 12.6. The van der Waals surface area contributed by atoms with Gasteiger partial charge in [-0.05, 0) is 36.4 Å². The Morgan fingerprint density at radius 1 is 1.18 bits per heavy atom. The number of carbonyl (C=O) groups is 1. The molecule has 0 atom stereocenters. The molecule has 0 saturated carbocycles. The summed E-state index contributed by atoms with van der Waals surface area (Å²) in [6.07, 6.45) is 3.53. The molecule has 2 heterocycles. The van der Waals surface area contributed by atoms with Crippen LogP contribution in [-0.2, 0) is 11.3 Å². The molecule has 0 amide bonds. The number of pyridine rings is 1. The van der Waals surface area contributed by atoms with Gasteiger partial charge in [0.1, 0.15) is 18.0 Å². The second kappa shape index (κ2) is 6.07. The van der Waals surface area contributed by atoms with Crippen LogP contribution in [0.2, 0.25) is 5.02 Å². The van der Waals surface area contributed by atoms with Crippen molar-refractivity contribution < 1.29 is 14.3 Å². The maximum atomic E-state index is 12.0. The second-order valence-corrected chi connectivity index (χ2v) is 5.09. The number of ether oxygens (including phenoxy) is 2. The van der Waals surface area contributed by atoms with Gasteiger partial charge in [0.25, 0.3) is 0 Å². The number of aromatic nitrogens is 2. The minimum atomic E-state index is -0.405. The Morgan fingerprint density at radius 2 is 1.95 bits per heavy atom. The van der Waals surface area contributed by atoms with Gasteiger partial charge in [-0.15, -0.1) is 0 Å². The Kier molecular flexibility index (Phi) is 3.98. The van der Waals surface area contributed by atoms with Crippen molar-refractivity contribution in [2.24, 2.45) is 0 Å². The number of carbonyl (C=O) groups excluding carboxylic acids is 1. The first-order valence-corrected chi connectivity index (χ1v) is 6.98. The van der Waals surface area contributed by atoms with Crippen LogP contribution in [0.4, 0.5) is 0 Å². The summed E-state index contributed by atoms with van der Waals surface area (Å²) >= 11 is 5.92. The molecule has 22 heavy (non-hydrogen) atoms. The smallest absolute Gasteiger partial charge is 0.338 e. The molecule has 0 aliphatic heterocycles. The Hall–Kier alpha value is -2.53. The predicted octanol–water partition coefficient (Wildman–Crippen LogP) is 3.35. The fourth-order valence-corrected chi connectivity index (χ4v) is 2.20. The van der Waals surface area contributed by atoms with Crippen LogP contribution in [-0.4, -0.2) is 22.5 Å². The SMILES string of the molecule is COc1ccc(C(=O)OCc2cn3cc(Cl)ccc3n2)cc1. The maximum absolute atomic E-state index is 12.0. The lowest BCUT2D eigenvalue weighted by Crippen LogP contribution is -2.05. The number of imidazole rings is 1. The summed E-state index contributed by atoms with van der Waals surface area (Å²) in [6.45, 7) is 0.101. The number of hydrogen-bond acceptors (Lipinski definition) is 4. The summed E-state index contributed by atoms with van der Waals surface area (Å²) < 4.78 is 12.1. The predicted molar refractivity (Wildman–Crippen MR) is 82.3 cm³/mol. The Morgan fingerprint density at radius 3 is 2.68 bits per heavy atom. The standard InChI is InChI=1S/C16H13ClN2O3/c1-21-14-5-2-11(3-6-14)16(20)22-10-13-9-19-8-12(17)4-7-15(19)18-13/h2-9H,10H2,1H3. The van der Waals surface area contributed by atoms with Gasteiger partial charge < -0.3 is 13.9 Å². The van der Waals surface area contributed by atoms with E-state index in [1.807, 2.05) is 0 Å². The summed E-state index contributed by atoms with van der Waals surface area (Å²) in [7, 11) is 1.57. The highest BCUT2D eigenvalue weighted by molar-refractivity contribution is 6.30. The second-order valence-electron chi connectivity index (χ2n) is 4.65. The minimum absolute atomic E-state index is 0.101. The van der Waals surface area contributed by atoms with Gasteiger partial charge in [0.15, 0.2) is 0 Å². The number of rotatable bonds is 4. The van der Waals surface area contributed by atoms with E-state index in [1.165, 1.54) is 0 Å². The fraction of sp³-hybridized carbons (Fsp3) is 0.125. The third-order valence-electron chi connectivity index (χ3n) is 3.14. The van der Waals surface area contributed by atoms with Gasteiger partial charge >= 0.3 is 5.97 Å². The van der Waals surface area contributed by atoms with Crippen LogP contribution in [0.5, 0.6) is 5.75 Å². The van der Waals surface area contributed by atoms with E-state index < -0.39 is 5.97 Å². The lowest BCUT2D eigenvalue weighted by Gasteiger charge is -2.04. The fourth-order valence-electron chi connectivity index (χ4n) is 2.04. The van der Waals surface area contributed by atoms with Gasteiger partial charge in [-0.2, -0.15) is 0 Å². The number of benzene rings is 1. The van der Waals surface area contributed by atoms with Crippen LogP contribution in [0.15, 0.2) is 48.8 Å². The first-order chi connectivity index (χ1) is 10.7. The number of halogens is 1. The average Bonchev–Trinajstić information content (AvgIpc) is 2.94. The molecule has 0 fully saturated rings. The molecule has 0 bridgehead atoms. The molecule has 0 radical (unpaired) electrons. The van der Waals surface area contributed by atoms with Crippen LogP contribution >= 0.6 is 11.6 Å². The molecule has 1 aromatic carbocycles. The van der Waals surface area contributed by atoms with Crippen LogP contribution in [0.3, 0.4) is 0 Å². The largest absolute Gasteiger partial charge is 0.497 e. The quantitative estimate of drug-likeness (QED) is 0.693. The molecular weight excluding hydrogens is 304 g/mol. The van der Waals surface area contributed by atoms with Crippen LogP contribution in [0.1, 0.15) is 16.1 Å². The first-order valence-electron chi connectivity index (χ1n) is 6.60. The number of methoxy groups -OCH3 is 1. The molecule has 0 aliphatic rings. The number of hydrogen-bond donors (Lipinski definition) is 0. The molecule has 0 aliphatic carbocycles. The molecule has 3 rings (SSSR count). The number of fused-ring (bicyclic) bond motifs is 1. The molecule has 0 saturated heterocycles. The Labute approximate surface area is 132 Å². The summed E-state index contributed by atoms with van der Waals surface area (Å²) in [5.41, 5.74) is 1.87. The van der Waals surface area contributed by atoms with Gasteiger partial charge in [0.2, 0.25) is 0 Å². The summed E-state index contributed by atoms with van der Waals surface area (Å²) in [5, 5.41) is 0.617. The van der Waals surface area contributed by atoms with E-state index in [4.69, 9.17) is 21.1 Å². The van der Waals surface area contributed by atoms with E-state index >= 15 is 0 Å². The van der Waals surface area contributed by atoms with Crippen LogP contribution < -0.4 is 4.74 Å². The molecule has 0 spiro atoms. The lowest BCUT2D eigenvalue weighted by molar-refractivity contribution is 0.0468. The maximum Gasteiger partial charge on any atom is 0.338 e. The van der Waals surface area contributed by atoms with E-state index in [0.717, 1.165) is 5.65 Å². The lowest BCUT2D eigenvalue weighted by atomic mass is 10.2. The Balaban J connectivity index is 1.68. The van der Waals surface area contributed by atoms with Crippen molar-refractivity contribution in [1.29, 1.82) is 0 Å². The topological polar surface area (TPSA) is 52.8 Å². The highest BCUT2D eigenvalue weighted by Crippen LogP contribution is 2.14. The molecule has 3 aromatic rings. The van der Waals surface area contributed by atoms with E-state index in [9.17, 15) is 4.79 Å². The van der Waals surface area contributed by atoms with Crippen molar-refractivity contribution in [3.63, 3.8) is 0 Å². The third kappa shape index (κ3) is 3.04. The van der Waals surface area contributed by atoms with E-state index in [1.54, 1.807) is 60.3 Å². The van der Waals surface area contributed by atoms with Crippen molar-refractivity contribution in [3.05, 3.63) is 65.1 Å². The van der Waals surface area contributed by atoms with Gasteiger partial charge in [-0.1, -0.05) is 11.6 Å². The molecule has 0 N–H and O–H groups in total. The normalized spacial score (nSPS) is 10.6. The van der Waals surface area contributed by atoms with Crippen LogP contribution in [0, 0.1) is 0 Å². The third-order valence-corrected chi connectivity index (χ3v) is 3.37. The van der Waals surface area contributed by atoms with Gasteiger partial charge in [-0.25, -0.2) is 9.78 Å². The summed E-state index contributed by atoms with van der Waals surface area (Å²) in [5.74, 6) is 0.284. The highest BCUT2D eigenvalue weighted by Gasteiger charge is 2.09. The summed E-state index contributed by atoms with van der Waals surface area (Å²) in [4.78, 5) is 16.3. The van der Waals surface area contributed by atoms with E-state index in [2.05, 4.69) is 4.98 Å². The molecule has 5 nitrogen and oxygen atoms in total. The molecule has 112 valence electrons. The average molecular weight is 317 g/mol.